The Kier molecular flexibility index (Phi) is 16.2. The van der Waals surface area contributed by atoms with Gasteiger partial charge in [-0.1, -0.05) is 27.7 Å². The maximum atomic E-state index is 10.2. The van der Waals surface area contributed by atoms with Gasteiger partial charge in [0.25, 0.3) is 0 Å². The molecule has 3 heteroatoms. The minimum atomic E-state index is -0.0700. The summed E-state index contributed by atoms with van der Waals surface area (Å²) in [4.78, 5) is 10.2. The van der Waals surface area contributed by atoms with Gasteiger partial charge in [0.1, 0.15) is 0 Å². The Labute approximate surface area is 89.0 Å². The number of amides is 1. The molecule has 0 aromatic rings. The summed E-state index contributed by atoms with van der Waals surface area (Å²) in [7, 11) is 0. The van der Waals surface area contributed by atoms with Crippen LogP contribution in [0.2, 0.25) is 0 Å². The van der Waals surface area contributed by atoms with Crippen LogP contribution in [0.15, 0.2) is 0 Å². The van der Waals surface area contributed by atoms with Gasteiger partial charge in [-0.3, -0.25) is 0 Å². The van der Waals surface area contributed by atoms with Crippen molar-refractivity contribution < 1.29 is 37.5 Å². The summed E-state index contributed by atoms with van der Waals surface area (Å²) in [5.74, 6) is -0.0700. The van der Waals surface area contributed by atoms with Gasteiger partial charge in [-0.25, -0.2) is 0 Å². The third kappa shape index (κ3) is 11.4. The van der Waals surface area contributed by atoms with E-state index in [1.54, 1.807) is 0 Å². The molecule has 0 aliphatic carbocycles. The molecule has 0 bridgehead atoms. The Hall–Kier alpha value is 0.574. The molecule has 0 spiro atoms. The molecule has 10 heavy (non-hydrogen) atoms. The first-order chi connectivity index (χ1) is 3.66. The second kappa shape index (κ2) is 9.57. The van der Waals surface area contributed by atoms with Gasteiger partial charge in [0.05, 0.1) is 0 Å². The average molecular weight is 219 g/mol. The number of hydrogen-bond donors (Lipinski definition) is 0. The van der Waals surface area contributed by atoms with E-state index < -0.39 is 0 Å². The fourth-order valence-electron chi connectivity index (χ4n) is 0.402. The van der Waals surface area contributed by atoms with Crippen molar-refractivity contribution >= 4 is 5.91 Å². The predicted molar refractivity (Wildman–Crippen MR) is 40.5 cm³/mol. The van der Waals surface area contributed by atoms with Gasteiger partial charge in [0.2, 0.25) is 0 Å². The van der Waals surface area contributed by atoms with Crippen LogP contribution in [0.1, 0.15) is 34.6 Å². The number of rotatable bonds is 2. The van der Waals surface area contributed by atoms with Crippen LogP contribution in [-0.2, 0) is 37.5 Å². The summed E-state index contributed by atoms with van der Waals surface area (Å²) in [6.45, 7) is 5.42. The molecular weight excluding hydrogens is 203 g/mol. The number of hydrogen-bond acceptors (Lipinski definition) is 1. The maximum Gasteiger partial charge on any atom is 0.0481 e. The molecule has 0 aromatic heterocycles. The SMILES string of the molecule is C.CCC(C)[N-]C(C)=O.[Y]. The van der Waals surface area contributed by atoms with E-state index in [0.717, 1.165) is 6.42 Å². The third-order valence-corrected chi connectivity index (χ3v) is 0.993. The number of carbonyl (C=O) groups is 1. The van der Waals surface area contributed by atoms with Gasteiger partial charge in [-0.2, -0.15) is 0 Å². The van der Waals surface area contributed by atoms with Gasteiger partial charge in [-0.15, -0.1) is 6.04 Å². The van der Waals surface area contributed by atoms with E-state index in [0.29, 0.717) is 0 Å². The van der Waals surface area contributed by atoms with Gasteiger partial charge < -0.3 is 10.1 Å². The Morgan fingerprint density at radius 1 is 1.60 bits per heavy atom. The largest absolute Gasteiger partial charge is 0.651 e. The molecule has 1 atom stereocenters. The van der Waals surface area contributed by atoms with Crippen molar-refractivity contribution in [3.05, 3.63) is 5.32 Å². The summed E-state index contributed by atoms with van der Waals surface area (Å²) in [5.41, 5.74) is 0. The van der Waals surface area contributed by atoms with Gasteiger partial charge >= 0.3 is 0 Å². The smallest absolute Gasteiger partial charge is 0.0481 e. The molecule has 59 valence electrons. The van der Waals surface area contributed by atoms with Gasteiger partial charge in [0.15, 0.2) is 0 Å². The molecule has 0 aromatic carbocycles. The normalized spacial score (nSPS) is 10.3. The Morgan fingerprint density at radius 2 is 2.00 bits per heavy atom. The fraction of sp³-hybridized carbons (Fsp3) is 0.857. The van der Waals surface area contributed by atoms with Crippen LogP contribution < -0.4 is 0 Å². The predicted octanol–water partition coefficient (Wildman–Crippen LogP) is 2.34. The topological polar surface area (TPSA) is 31.2 Å². The Morgan fingerprint density at radius 3 is 2.10 bits per heavy atom. The molecule has 0 fully saturated rings. The third-order valence-electron chi connectivity index (χ3n) is 0.993. The minimum Gasteiger partial charge on any atom is -0.651 e. The van der Waals surface area contributed by atoms with E-state index in [4.69, 9.17) is 0 Å². The molecule has 0 rings (SSSR count). The van der Waals surface area contributed by atoms with Crippen LogP contribution >= 0.6 is 0 Å². The molecule has 0 N–H and O–H groups in total. The van der Waals surface area contributed by atoms with E-state index >= 15 is 0 Å². The van der Waals surface area contributed by atoms with Gasteiger partial charge in [0, 0.05) is 38.6 Å². The van der Waals surface area contributed by atoms with Crippen molar-refractivity contribution in [2.24, 2.45) is 0 Å². The first-order valence-electron chi connectivity index (χ1n) is 2.88. The molecule has 0 aliphatic heterocycles. The molecule has 0 heterocycles. The first kappa shape index (κ1) is 16.9. The minimum absolute atomic E-state index is 0. The second-order valence-corrected chi connectivity index (χ2v) is 1.91. The summed E-state index contributed by atoms with van der Waals surface area (Å²) in [6, 6.07) is 0.201. The van der Waals surface area contributed by atoms with Crippen molar-refractivity contribution in [2.75, 3.05) is 0 Å². The van der Waals surface area contributed by atoms with E-state index in [1.165, 1.54) is 6.92 Å². The summed E-state index contributed by atoms with van der Waals surface area (Å²) < 4.78 is 0. The fourth-order valence-corrected chi connectivity index (χ4v) is 0.402. The Balaban J connectivity index is -0.000000245. The summed E-state index contributed by atoms with van der Waals surface area (Å²) in [5, 5.41) is 3.76. The van der Waals surface area contributed by atoms with E-state index in [-0.39, 0.29) is 52.1 Å². The average Bonchev–Trinajstić information content (AvgIpc) is 1.65. The molecule has 1 radical (unpaired) electrons. The van der Waals surface area contributed by atoms with Crippen molar-refractivity contribution in [1.82, 2.24) is 0 Å². The van der Waals surface area contributed by atoms with Crippen molar-refractivity contribution in [2.45, 2.75) is 40.7 Å². The monoisotopic (exact) mass is 219 g/mol. The standard InChI is InChI=1S/C6H13NO.CH4.Y/c1-4-5(2)7-6(3)8;;/h5H,4H2,1-3H3,(H,7,8);1H4;/p-1. The van der Waals surface area contributed by atoms with Crippen molar-refractivity contribution in [3.63, 3.8) is 0 Å². The van der Waals surface area contributed by atoms with Crippen molar-refractivity contribution in [1.29, 1.82) is 0 Å². The quantitative estimate of drug-likeness (QED) is 0.701. The van der Waals surface area contributed by atoms with E-state index in [9.17, 15) is 4.79 Å². The molecule has 1 amide bonds. The molecule has 0 saturated carbocycles. The zero-order valence-electron chi connectivity index (χ0n) is 6.22. The molecular formula is C7H16NOY-. The van der Waals surface area contributed by atoms with Crippen LogP contribution in [-0.4, -0.2) is 11.9 Å². The van der Waals surface area contributed by atoms with Crippen LogP contribution in [0, 0.1) is 0 Å². The van der Waals surface area contributed by atoms with Crippen LogP contribution in [0.5, 0.6) is 0 Å². The molecule has 0 saturated heterocycles. The van der Waals surface area contributed by atoms with Crippen LogP contribution in [0.4, 0.5) is 0 Å². The molecule has 2 nitrogen and oxygen atoms in total. The van der Waals surface area contributed by atoms with E-state index in [1.807, 2.05) is 13.8 Å². The number of carbonyl (C=O) groups excluding carboxylic acids is 1. The van der Waals surface area contributed by atoms with E-state index in [2.05, 4.69) is 5.32 Å². The van der Waals surface area contributed by atoms with Crippen LogP contribution in [0.3, 0.4) is 0 Å². The second-order valence-electron chi connectivity index (χ2n) is 1.91. The van der Waals surface area contributed by atoms with Gasteiger partial charge in [-0.05, 0) is 6.92 Å². The zero-order chi connectivity index (χ0) is 6.57. The zero-order valence-corrected chi connectivity index (χ0v) is 9.06. The van der Waals surface area contributed by atoms with Crippen LogP contribution in [0.25, 0.3) is 5.32 Å². The first-order valence-corrected chi connectivity index (χ1v) is 2.88. The van der Waals surface area contributed by atoms with Crippen molar-refractivity contribution in [3.8, 4) is 0 Å². The summed E-state index contributed by atoms with van der Waals surface area (Å²) >= 11 is 0. The summed E-state index contributed by atoms with van der Waals surface area (Å²) in [6.07, 6.45) is 0.944. The molecule has 1 unspecified atom stereocenters. The number of nitrogens with zero attached hydrogens (tertiary/aromatic N) is 1. The Bertz CT molecular complexity index is 85.7. The molecule has 0 aliphatic rings. The maximum absolute atomic E-state index is 10.2.